The van der Waals surface area contributed by atoms with Gasteiger partial charge in [0.15, 0.2) is 0 Å². The van der Waals surface area contributed by atoms with Crippen LogP contribution >= 0.6 is 0 Å². The summed E-state index contributed by atoms with van der Waals surface area (Å²) < 4.78 is 13.2. The fourth-order valence-corrected chi connectivity index (χ4v) is 2.38. The Bertz CT molecular complexity index is 474. The number of nitrogens with one attached hydrogen (secondary N) is 1. The largest absolute Gasteiger partial charge is 0.399 e. The minimum Gasteiger partial charge on any atom is -0.399 e. The Morgan fingerprint density at radius 2 is 2.15 bits per heavy atom. The molecule has 0 aliphatic carbocycles. The number of carbonyl (C=O) groups is 1. The van der Waals surface area contributed by atoms with E-state index in [4.69, 9.17) is 5.73 Å². The van der Waals surface area contributed by atoms with Gasteiger partial charge in [0.1, 0.15) is 5.82 Å². The van der Waals surface area contributed by atoms with Crippen LogP contribution in [0.3, 0.4) is 0 Å². The monoisotopic (exact) mass is 280 g/mol. The van der Waals surface area contributed by atoms with Gasteiger partial charge in [-0.15, -0.1) is 0 Å². The normalized spacial score (nSPS) is 20.9. The molecule has 0 aromatic heterocycles. The van der Waals surface area contributed by atoms with E-state index in [9.17, 15) is 9.18 Å². The number of hydrogen-bond acceptors (Lipinski definition) is 4. The number of nitrogens with two attached hydrogens (primary N) is 1. The third kappa shape index (κ3) is 3.68. The van der Waals surface area contributed by atoms with Crippen molar-refractivity contribution in [2.75, 3.05) is 46.0 Å². The molecular formula is C14H21FN4O. The lowest BCUT2D eigenvalue weighted by atomic mass is 10.1. The second kappa shape index (κ2) is 6.19. The van der Waals surface area contributed by atoms with Crippen molar-refractivity contribution in [3.8, 4) is 0 Å². The van der Waals surface area contributed by atoms with Crippen LogP contribution in [0.15, 0.2) is 18.2 Å². The zero-order valence-corrected chi connectivity index (χ0v) is 11.9. The maximum absolute atomic E-state index is 13.2. The molecule has 5 nitrogen and oxygen atoms in total. The van der Waals surface area contributed by atoms with Crippen LogP contribution in [0.1, 0.15) is 10.4 Å². The molecule has 1 aromatic carbocycles. The molecule has 0 radical (unpaired) electrons. The highest BCUT2D eigenvalue weighted by molar-refractivity contribution is 5.95. The first kappa shape index (κ1) is 14.7. The molecule has 6 heteroatoms. The summed E-state index contributed by atoms with van der Waals surface area (Å²) in [4.78, 5) is 16.5. The van der Waals surface area contributed by atoms with Crippen molar-refractivity contribution < 1.29 is 9.18 Å². The fraction of sp³-hybridized carbons (Fsp3) is 0.500. The Balaban J connectivity index is 1.94. The Kier molecular flexibility index (Phi) is 4.57. The van der Waals surface area contributed by atoms with Crippen LogP contribution in [0, 0.1) is 5.82 Å². The van der Waals surface area contributed by atoms with Gasteiger partial charge in [-0.3, -0.25) is 9.69 Å². The first-order chi connectivity index (χ1) is 9.45. The summed E-state index contributed by atoms with van der Waals surface area (Å²) in [5.74, 6) is -0.789. The molecule has 1 saturated heterocycles. The van der Waals surface area contributed by atoms with Crippen molar-refractivity contribution in [3.63, 3.8) is 0 Å². The van der Waals surface area contributed by atoms with E-state index >= 15 is 0 Å². The number of amides is 1. The van der Waals surface area contributed by atoms with Gasteiger partial charge in [0.05, 0.1) is 0 Å². The van der Waals surface area contributed by atoms with Crippen LogP contribution in [0.2, 0.25) is 0 Å². The summed E-state index contributed by atoms with van der Waals surface area (Å²) in [6.07, 6.45) is 0. The number of piperazine rings is 1. The second-order valence-corrected chi connectivity index (χ2v) is 5.38. The van der Waals surface area contributed by atoms with Gasteiger partial charge in [0, 0.05) is 43.5 Å². The maximum atomic E-state index is 13.2. The molecule has 1 aliphatic rings. The second-order valence-electron chi connectivity index (χ2n) is 5.38. The SMILES string of the molecule is CN1CCN(C)C(CNC(=O)c2cc(N)cc(F)c2)C1. The zero-order chi connectivity index (χ0) is 14.7. The Hall–Kier alpha value is -1.66. The first-order valence-corrected chi connectivity index (χ1v) is 6.69. The summed E-state index contributed by atoms with van der Waals surface area (Å²) in [5, 5.41) is 2.84. The molecule has 1 aliphatic heterocycles. The molecule has 0 bridgehead atoms. The van der Waals surface area contributed by atoms with Crippen LogP contribution in [-0.2, 0) is 0 Å². The van der Waals surface area contributed by atoms with Crippen LogP contribution in [-0.4, -0.2) is 62.0 Å². The van der Waals surface area contributed by atoms with E-state index in [1.165, 1.54) is 18.2 Å². The summed E-state index contributed by atoms with van der Waals surface area (Å²) in [6.45, 7) is 3.45. The number of hydrogen-bond donors (Lipinski definition) is 2. The number of nitrogens with zero attached hydrogens (tertiary/aromatic N) is 2. The quantitative estimate of drug-likeness (QED) is 0.786. The predicted octanol–water partition coefficient (Wildman–Crippen LogP) is 0.384. The molecule has 1 aromatic rings. The van der Waals surface area contributed by atoms with Gasteiger partial charge in [0.25, 0.3) is 5.91 Å². The van der Waals surface area contributed by atoms with E-state index in [0.717, 1.165) is 19.6 Å². The van der Waals surface area contributed by atoms with Gasteiger partial charge in [0.2, 0.25) is 0 Å². The third-order valence-electron chi connectivity index (χ3n) is 3.66. The standard InChI is InChI=1S/C14H21FN4O/c1-18-3-4-19(2)13(9-18)8-17-14(20)10-5-11(15)7-12(16)6-10/h5-7,13H,3-4,8-9,16H2,1-2H3,(H,17,20). The molecule has 20 heavy (non-hydrogen) atoms. The number of likely N-dealkylation sites (N-methyl/N-ethyl adjacent to an activating group) is 2. The van der Waals surface area contributed by atoms with E-state index in [2.05, 4.69) is 22.2 Å². The molecule has 1 fully saturated rings. The van der Waals surface area contributed by atoms with E-state index in [1.54, 1.807) is 0 Å². The smallest absolute Gasteiger partial charge is 0.251 e. The Labute approximate surface area is 118 Å². The minimum atomic E-state index is -0.496. The van der Waals surface area contributed by atoms with Crippen LogP contribution < -0.4 is 11.1 Å². The van der Waals surface area contributed by atoms with Gasteiger partial charge >= 0.3 is 0 Å². The fourth-order valence-electron chi connectivity index (χ4n) is 2.38. The molecule has 2 rings (SSSR count). The lowest BCUT2D eigenvalue weighted by molar-refractivity contribution is 0.0881. The number of anilines is 1. The summed E-state index contributed by atoms with van der Waals surface area (Å²) in [7, 11) is 4.11. The van der Waals surface area contributed by atoms with Crippen molar-refractivity contribution in [2.24, 2.45) is 0 Å². The van der Waals surface area contributed by atoms with Crippen molar-refractivity contribution in [2.45, 2.75) is 6.04 Å². The van der Waals surface area contributed by atoms with Crippen molar-refractivity contribution in [1.29, 1.82) is 0 Å². The molecular weight excluding hydrogens is 259 g/mol. The van der Waals surface area contributed by atoms with E-state index < -0.39 is 5.82 Å². The van der Waals surface area contributed by atoms with Crippen LogP contribution in [0.5, 0.6) is 0 Å². The molecule has 1 heterocycles. The average Bonchev–Trinajstić information content (AvgIpc) is 2.38. The molecule has 110 valence electrons. The van der Waals surface area contributed by atoms with Gasteiger partial charge in [-0.25, -0.2) is 4.39 Å². The first-order valence-electron chi connectivity index (χ1n) is 6.69. The highest BCUT2D eigenvalue weighted by Crippen LogP contribution is 2.11. The summed E-state index contributed by atoms with van der Waals surface area (Å²) in [6, 6.07) is 4.14. The number of carbonyl (C=O) groups excluding carboxylic acids is 1. The van der Waals surface area contributed by atoms with E-state index in [-0.39, 0.29) is 23.2 Å². The molecule has 1 atom stereocenters. The van der Waals surface area contributed by atoms with E-state index in [1.807, 2.05) is 7.05 Å². The molecule has 3 N–H and O–H groups in total. The number of halogens is 1. The minimum absolute atomic E-state index is 0.254. The average molecular weight is 280 g/mol. The third-order valence-corrected chi connectivity index (χ3v) is 3.66. The summed E-state index contributed by atoms with van der Waals surface area (Å²) >= 11 is 0. The van der Waals surface area contributed by atoms with Gasteiger partial charge in [-0.2, -0.15) is 0 Å². The summed E-state index contributed by atoms with van der Waals surface area (Å²) in [5.41, 5.74) is 6.05. The lowest BCUT2D eigenvalue weighted by Gasteiger charge is -2.37. The molecule has 1 unspecified atom stereocenters. The topological polar surface area (TPSA) is 61.6 Å². The van der Waals surface area contributed by atoms with Crippen molar-refractivity contribution >= 4 is 11.6 Å². The maximum Gasteiger partial charge on any atom is 0.251 e. The number of rotatable bonds is 3. The predicted molar refractivity (Wildman–Crippen MR) is 77.1 cm³/mol. The molecule has 0 spiro atoms. The van der Waals surface area contributed by atoms with Crippen molar-refractivity contribution in [1.82, 2.24) is 15.1 Å². The Morgan fingerprint density at radius 1 is 1.40 bits per heavy atom. The van der Waals surface area contributed by atoms with Gasteiger partial charge < -0.3 is 16.0 Å². The highest BCUT2D eigenvalue weighted by Gasteiger charge is 2.22. The highest BCUT2D eigenvalue weighted by atomic mass is 19.1. The van der Waals surface area contributed by atoms with Crippen molar-refractivity contribution in [3.05, 3.63) is 29.6 Å². The van der Waals surface area contributed by atoms with Gasteiger partial charge in [-0.05, 0) is 32.3 Å². The Morgan fingerprint density at radius 3 is 2.85 bits per heavy atom. The zero-order valence-electron chi connectivity index (χ0n) is 11.9. The molecule has 0 saturated carbocycles. The van der Waals surface area contributed by atoms with Gasteiger partial charge in [-0.1, -0.05) is 0 Å². The van der Waals surface area contributed by atoms with Crippen LogP contribution in [0.25, 0.3) is 0 Å². The number of benzene rings is 1. The van der Waals surface area contributed by atoms with E-state index in [0.29, 0.717) is 6.54 Å². The molecule has 1 amide bonds. The van der Waals surface area contributed by atoms with Crippen LogP contribution in [0.4, 0.5) is 10.1 Å². The number of nitrogen functional groups attached to an aromatic ring is 1. The lowest BCUT2D eigenvalue weighted by Crippen LogP contribution is -2.54.